The van der Waals surface area contributed by atoms with E-state index in [1.807, 2.05) is 0 Å². The van der Waals surface area contributed by atoms with Crippen molar-refractivity contribution in [1.82, 2.24) is 4.90 Å². The van der Waals surface area contributed by atoms with Crippen LogP contribution in [0, 0.1) is 0 Å². The van der Waals surface area contributed by atoms with Crippen molar-refractivity contribution in [3.63, 3.8) is 0 Å². The fraction of sp³-hybridized carbons (Fsp3) is 0.458. The summed E-state index contributed by atoms with van der Waals surface area (Å²) in [6.07, 6.45) is -1.74. The number of phenols is 7. The van der Waals surface area contributed by atoms with E-state index >= 15 is 0 Å². The number of ether oxygens (including phenoxy) is 2. The minimum absolute atomic E-state index is 0.737. The van der Waals surface area contributed by atoms with Crippen LogP contribution in [0.25, 0.3) is 0 Å². The molecule has 23 nitrogen and oxygen atoms in total. The Balaban J connectivity index is 1.97. The lowest BCUT2D eigenvalue weighted by Crippen LogP contribution is -2.98. The fourth-order valence-corrected chi connectivity index (χ4v) is 5.72. The van der Waals surface area contributed by atoms with Gasteiger partial charge in [0, 0.05) is 18.5 Å². The number of benzene rings is 2. The normalized spacial score (nSPS) is 24.2. The molecule has 0 aromatic heterocycles. The average Bonchev–Trinajstić information content (AvgIpc) is 3.26. The van der Waals surface area contributed by atoms with Gasteiger partial charge in [-0.1, -0.05) is 0 Å². The quantitative estimate of drug-likeness (QED) is 0.0763. The van der Waals surface area contributed by atoms with E-state index in [0.29, 0.717) is 0 Å². The van der Waals surface area contributed by atoms with Crippen LogP contribution in [-0.4, -0.2) is 162 Å². The maximum absolute atomic E-state index is 13.4. The van der Waals surface area contributed by atoms with Crippen LogP contribution in [-0.2, 0) is 13.0 Å². The number of phenolic OH excluding ortho intramolecular Hbond substituents is 7. The number of methoxy groups -OCH3 is 2. The van der Waals surface area contributed by atoms with E-state index in [-0.39, 0.29) is 0 Å². The molecule has 1 aliphatic carbocycles. The Morgan fingerprint density at radius 1 is 0.638 bits per heavy atom. The summed E-state index contributed by atoms with van der Waals surface area (Å²) in [4.78, 5) is 12.3. The summed E-state index contributed by atoms with van der Waals surface area (Å²) < 4.78 is 9.65. The molecule has 1 fully saturated rings. The number of Topliss-reactive ketones (excluding diaryl/α,β-unsaturated/α-hetero) is 1. The molecule has 0 saturated carbocycles. The number of hydrogen-bond acceptors (Lipinski definition) is 23. The second-order valence-electron chi connectivity index (χ2n) is 10.8. The van der Waals surface area contributed by atoms with Crippen LogP contribution in [0.2, 0.25) is 0 Å². The van der Waals surface area contributed by atoms with E-state index in [1.54, 1.807) is 0 Å². The third kappa shape index (κ3) is 3.75. The summed E-state index contributed by atoms with van der Waals surface area (Å²) >= 11 is 0. The van der Waals surface area contributed by atoms with Crippen LogP contribution in [0.3, 0.4) is 0 Å². The number of ketones is 1. The molecule has 2 aromatic carbocycles. The maximum atomic E-state index is 13.4. The first kappa shape index (κ1) is 35.6. The molecule has 1 heterocycles. The number of carbonyl (C=O) groups is 1. The van der Waals surface area contributed by atoms with Gasteiger partial charge in [-0.3, -0.25) is 4.79 Å². The standard InChI is InChI=1S/C24H29NO22/c1-46-15-10(28)5-3-18(34,17(33)7(5)11(29)16(15)47-2)20(36,37)19(35)21(38,39)23(42,43)25(24(44,45)22(19,40)41)4-6-8(26)12(30)14(32)13(31)9(6)27/h26-32,34-45H,3-4H2,1-2H3. The molecular weight excluding hydrogens is 654 g/mol. The highest BCUT2D eigenvalue weighted by Crippen LogP contribution is 2.61. The molecule has 19 N–H and O–H groups in total. The van der Waals surface area contributed by atoms with Crippen molar-refractivity contribution in [1.29, 1.82) is 0 Å². The van der Waals surface area contributed by atoms with Crippen LogP contribution in [0.1, 0.15) is 21.5 Å². The number of likely N-dealkylation sites (tertiary alicyclic amines) is 1. The van der Waals surface area contributed by atoms with E-state index in [0.717, 1.165) is 14.2 Å². The number of piperidine rings is 1. The molecule has 0 radical (unpaired) electrons. The molecule has 4 rings (SSSR count). The molecule has 0 bridgehead atoms. The van der Waals surface area contributed by atoms with Gasteiger partial charge >= 0.3 is 0 Å². The smallest absolute Gasteiger partial charge is 0.290 e. The predicted molar refractivity (Wildman–Crippen MR) is 137 cm³/mol. The zero-order valence-electron chi connectivity index (χ0n) is 23.6. The van der Waals surface area contributed by atoms with Crippen LogP contribution in [0.4, 0.5) is 0 Å². The highest BCUT2D eigenvalue weighted by Gasteiger charge is 2.92. The van der Waals surface area contributed by atoms with Crippen molar-refractivity contribution in [2.45, 2.75) is 53.4 Å². The Hall–Kier alpha value is -4.21. The SMILES string of the molecule is COc1c(O)c2c(c(O)c1OC)C(=O)C(O)(C(O)(O)C1(O)C(O)(O)C(O)(O)N(Cc3c(O)c(O)c(O)c(O)c3O)C(O)(O)C1(O)O)C2. The minimum atomic E-state index is -5.63. The Kier molecular flexibility index (Phi) is 7.51. The first-order chi connectivity index (χ1) is 21.1. The zero-order chi connectivity index (χ0) is 36.4. The molecular formula is C24H29NO22. The van der Waals surface area contributed by atoms with E-state index in [2.05, 4.69) is 0 Å². The molecule has 0 amide bonds. The molecule has 2 aliphatic rings. The number of aliphatic hydroxyl groups is 12. The first-order valence-electron chi connectivity index (χ1n) is 12.5. The lowest BCUT2D eigenvalue weighted by molar-refractivity contribution is -0.623. The Labute approximate surface area is 258 Å². The summed E-state index contributed by atoms with van der Waals surface area (Å²) in [6, 6.07) is 0. The van der Waals surface area contributed by atoms with E-state index in [1.165, 1.54) is 0 Å². The highest BCUT2D eigenvalue weighted by molar-refractivity contribution is 6.11. The van der Waals surface area contributed by atoms with Gasteiger partial charge in [-0.2, -0.15) is 4.90 Å². The van der Waals surface area contributed by atoms with Gasteiger partial charge in [-0.25, -0.2) is 0 Å². The van der Waals surface area contributed by atoms with Crippen molar-refractivity contribution >= 4 is 5.78 Å². The molecule has 262 valence electrons. The second kappa shape index (κ2) is 9.90. The largest absolute Gasteiger partial charge is 0.504 e. The van der Waals surface area contributed by atoms with E-state index < -0.39 is 132 Å². The molecule has 1 unspecified atom stereocenters. The Morgan fingerprint density at radius 3 is 1.43 bits per heavy atom. The van der Waals surface area contributed by atoms with Crippen molar-refractivity contribution in [3.8, 4) is 51.7 Å². The number of fused-ring (bicyclic) bond motifs is 1. The first-order valence-corrected chi connectivity index (χ1v) is 12.5. The van der Waals surface area contributed by atoms with Crippen molar-refractivity contribution in [3.05, 3.63) is 16.7 Å². The maximum Gasteiger partial charge on any atom is 0.290 e. The van der Waals surface area contributed by atoms with Gasteiger partial charge in [0.15, 0.2) is 28.6 Å². The van der Waals surface area contributed by atoms with Crippen LogP contribution in [0.5, 0.6) is 51.7 Å². The van der Waals surface area contributed by atoms with Gasteiger partial charge in [-0.15, -0.1) is 0 Å². The summed E-state index contributed by atoms with van der Waals surface area (Å²) in [5.74, 6) is -41.2. The van der Waals surface area contributed by atoms with Crippen molar-refractivity contribution in [2.75, 3.05) is 14.2 Å². The van der Waals surface area contributed by atoms with Gasteiger partial charge in [0.1, 0.15) is 0 Å². The fourth-order valence-electron chi connectivity index (χ4n) is 5.72. The lowest BCUT2D eigenvalue weighted by Gasteiger charge is -2.66. The Bertz CT molecular complexity index is 1620. The van der Waals surface area contributed by atoms with Crippen LogP contribution in [0.15, 0.2) is 0 Å². The second-order valence-corrected chi connectivity index (χ2v) is 10.8. The molecule has 1 aliphatic heterocycles. The average molecular weight is 683 g/mol. The predicted octanol–water partition coefficient (Wildman–Crippen LogP) is -7.32. The van der Waals surface area contributed by atoms with Crippen LogP contribution < -0.4 is 9.47 Å². The van der Waals surface area contributed by atoms with E-state index in [9.17, 15) is 102 Å². The van der Waals surface area contributed by atoms with Gasteiger partial charge in [0.05, 0.1) is 25.3 Å². The summed E-state index contributed by atoms with van der Waals surface area (Å²) in [5, 5.41) is 202. The monoisotopic (exact) mass is 683 g/mol. The number of aromatic hydroxyl groups is 7. The minimum Gasteiger partial charge on any atom is -0.504 e. The number of carbonyl (C=O) groups excluding carboxylic acids is 1. The third-order valence-electron chi connectivity index (χ3n) is 8.47. The molecule has 47 heavy (non-hydrogen) atoms. The van der Waals surface area contributed by atoms with Gasteiger partial charge < -0.3 is 106 Å². The number of rotatable bonds is 6. The molecule has 0 spiro atoms. The van der Waals surface area contributed by atoms with Crippen molar-refractivity contribution in [2.24, 2.45) is 0 Å². The van der Waals surface area contributed by atoms with E-state index in [4.69, 9.17) is 9.47 Å². The molecule has 1 atom stereocenters. The highest BCUT2D eigenvalue weighted by atomic mass is 16.7. The summed E-state index contributed by atoms with van der Waals surface area (Å²) in [7, 11) is 1.80. The zero-order valence-corrected chi connectivity index (χ0v) is 23.6. The lowest BCUT2D eigenvalue weighted by atomic mass is 9.63. The number of hydrogen-bond donors (Lipinski definition) is 19. The van der Waals surface area contributed by atoms with Crippen LogP contribution >= 0.6 is 0 Å². The number of nitrogens with zero attached hydrogens (tertiary/aromatic N) is 1. The molecule has 23 heteroatoms. The summed E-state index contributed by atoms with van der Waals surface area (Å²) in [5.41, 5.74) is -13.7. The summed E-state index contributed by atoms with van der Waals surface area (Å²) in [6.45, 7) is -2.08. The Morgan fingerprint density at radius 2 is 1.02 bits per heavy atom. The van der Waals surface area contributed by atoms with Gasteiger partial charge in [0.2, 0.25) is 45.9 Å². The van der Waals surface area contributed by atoms with Crippen molar-refractivity contribution < 1.29 is 111 Å². The third-order valence-corrected chi connectivity index (χ3v) is 8.47. The van der Waals surface area contributed by atoms with Gasteiger partial charge in [0.25, 0.3) is 23.4 Å². The molecule has 2 aromatic rings. The topological polar surface area (TPSA) is 423 Å². The van der Waals surface area contributed by atoms with Gasteiger partial charge in [-0.05, 0) is 0 Å². The molecule has 1 saturated heterocycles.